The van der Waals surface area contributed by atoms with E-state index in [-0.39, 0.29) is 12.8 Å². The van der Waals surface area contributed by atoms with E-state index in [2.05, 4.69) is 35.8 Å². The van der Waals surface area contributed by atoms with E-state index in [1.54, 1.807) is 36.5 Å². The Kier molecular flexibility index (Phi) is 38.9. The molecule has 352 valence electrons. The van der Waals surface area contributed by atoms with Crippen LogP contribution in [0, 0.1) is 0 Å². The number of phosphoric ester groups is 1. The van der Waals surface area contributed by atoms with Gasteiger partial charge < -0.3 is 35.4 Å². The molecule has 62 heavy (non-hydrogen) atoms. The van der Waals surface area contributed by atoms with Crippen molar-refractivity contribution in [3.8, 4) is 0 Å². The van der Waals surface area contributed by atoms with Crippen LogP contribution >= 0.6 is 7.82 Å². The highest BCUT2D eigenvalue weighted by molar-refractivity contribution is 7.47. The fourth-order valence-corrected chi connectivity index (χ4v) is 6.19. The summed E-state index contributed by atoms with van der Waals surface area (Å²) in [5.74, 6) is -2.59. The van der Waals surface area contributed by atoms with Gasteiger partial charge >= 0.3 is 25.7 Å². The summed E-state index contributed by atoms with van der Waals surface area (Å²) in [4.78, 5) is 46.0. The highest BCUT2D eigenvalue weighted by atomic mass is 31.2. The number of hydrogen-bond acceptors (Lipinski definition) is 11. The standard InChI is InChI=1S/C48H78NO12P/c1-3-5-7-8-9-10-11-12-13-14-15-16-17-18-19-24-32-38-47(53)61-44(40-59-62(56,57)60-41-45(49)48(54)55)39-58-46(52)37-31-23-21-20-22-28-34-43(51)36-30-26-25-29-35-42(50)33-27-6-4-2/h6,9-10,12-13,21-23,25-30,35-36,42-45,50-51H,3-5,7-8,11,14-20,24,31-34,37-41,49H2,1-2H3,(H,54,55)(H,56,57)/b10-9-,13-12-,23-21-,26-25-,27-6-,28-22-,35-29+,36-30+/t42-,43+,44-,45+/m1/s1. The lowest BCUT2D eigenvalue weighted by Gasteiger charge is -2.20. The maximum atomic E-state index is 12.6. The van der Waals surface area contributed by atoms with Gasteiger partial charge in [0.05, 0.1) is 25.4 Å². The number of phosphoric acid groups is 1. The monoisotopic (exact) mass is 892 g/mol. The Morgan fingerprint density at radius 2 is 1.11 bits per heavy atom. The number of aliphatic hydroxyl groups excluding tert-OH is 2. The van der Waals surface area contributed by atoms with Crippen LogP contribution in [-0.4, -0.2) is 82.3 Å². The topological polar surface area (TPSA) is 212 Å². The lowest BCUT2D eigenvalue weighted by Crippen LogP contribution is -2.34. The molecule has 0 saturated heterocycles. The highest BCUT2D eigenvalue weighted by Gasteiger charge is 2.28. The largest absolute Gasteiger partial charge is 0.480 e. The van der Waals surface area contributed by atoms with E-state index >= 15 is 0 Å². The smallest absolute Gasteiger partial charge is 0.472 e. The zero-order valence-corrected chi connectivity index (χ0v) is 38.3. The first kappa shape index (κ1) is 58.3. The molecule has 0 saturated carbocycles. The Morgan fingerprint density at radius 3 is 1.69 bits per heavy atom. The van der Waals surface area contributed by atoms with Crippen molar-refractivity contribution in [3.63, 3.8) is 0 Å². The first-order chi connectivity index (χ1) is 29.9. The molecule has 1 unspecified atom stereocenters. The predicted octanol–water partition coefficient (Wildman–Crippen LogP) is 10.0. The number of unbranched alkanes of at least 4 members (excludes halogenated alkanes) is 10. The summed E-state index contributed by atoms with van der Waals surface area (Å²) in [6, 6.07) is -1.55. The normalized spacial score (nSPS) is 15.6. The summed E-state index contributed by atoms with van der Waals surface area (Å²) in [6.07, 6.45) is 45.4. The van der Waals surface area contributed by atoms with Gasteiger partial charge in [-0.15, -0.1) is 0 Å². The second kappa shape index (κ2) is 41.3. The van der Waals surface area contributed by atoms with Crippen molar-refractivity contribution in [3.05, 3.63) is 97.2 Å². The Hall–Kier alpha value is -3.68. The molecule has 0 aromatic heterocycles. The maximum Gasteiger partial charge on any atom is 0.472 e. The van der Waals surface area contributed by atoms with Crippen LogP contribution in [-0.2, 0) is 37.5 Å². The summed E-state index contributed by atoms with van der Waals surface area (Å²) in [5.41, 5.74) is 5.32. The number of carbonyl (C=O) groups is 3. The number of allylic oxidation sites excluding steroid dienone is 12. The first-order valence-corrected chi connectivity index (χ1v) is 24.0. The van der Waals surface area contributed by atoms with E-state index in [0.717, 1.165) is 64.2 Å². The van der Waals surface area contributed by atoms with Gasteiger partial charge in [-0.2, -0.15) is 0 Å². The minimum absolute atomic E-state index is 0.0328. The fourth-order valence-electron chi connectivity index (χ4n) is 5.41. The van der Waals surface area contributed by atoms with Crippen LogP contribution in [0.2, 0.25) is 0 Å². The molecular formula is C48H78NO12P. The molecule has 0 amide bonds. The molecule has 0 aliphatic carbocycles. The molecule has 0 aliphatic rings. The zero-order valence-electron chi connectivity index (χ0n) is 37.4. The summed E-state index contributed by atoms with van der Waals surface area (Å²) >= 11 is 0. The number of nitrogens with two attached hydrogens (primary N) is 1. The lowest BCUT2D eigenvalue weighted by molar-refractivity contribution is -0.161. The number of carbonyl (C=O) groups excluding carboxylic acids is 2. The van der Waals surface area contributed by atoms with E-state index in [1.807, 2.05) is 43.4 Å². The van der Waals surface area contributed by atoms with E-state index in [1.165, 1.54) is 19.3 Å². The van der Waals surface area contributed by atoms with Gasteiger partial charge in [-0.05, 0) is 70.6 Å². The van der Waals surface area contributed by atoms with E-state index in [4.69, 9.17) is 24.8 Å². The summed E-state index contributed by atoms with van der Waals surface area (Å²) in [6.45, 7) is 2.39. The molecule has 0 radical (unpaired) electrons. The van der Waals surface area contributed by atoms with Crippen LogP contribution in [0.5, 0.6) is 0 Å². The Morgan fingerprint density at radius 1 is 0.597 bits per heavy atom. The minimum atomic E-state index is -4.77. The average molecular weight is 892 g/mol. The minimum Gasteiger partial charge on any atom is -0.480 e. The predicted molar refractivity (Wildman–Crippen MR) is 247 cm³/mol. The number of esters is 2. The molecule has 0 aromatic rings. The molecule has 5 atom stereocenters. The van der Waals surface area contributed by atoms with Crippen molar-refractivity contribution in [2.24, 2.45) is 5.73 Å². The molecule has 6 N–H and O–H groups in total. The van der Waals surface area contributed by atoms with Gasteiger partial charge in [0.15, 0.2) is 6.10 Å². The number of aliphatic hydroxyl groups is 2. The summed E-state index contributed by atoms with van der Waals surface area (Å²) in [5, 5.41) is 28.8. The maximum absolute atomic E-state index is 12.6. The van der Waals surface area contributed by atoms with Crippen molar-refractivity contribution >= 4 is 25.7 Å². The lowest BCUT2D eigenvalue weighted by atomic mass is 10.1. The van der Waals surface area contributed by atoms with Gasteiger partial charge in [-0.1, -0.05) is 156 Å². The third-order valence-electron chi connectivity index (χ3n) is 9.00. The van der Waals surface area contributed by atoms with Crippen molar-refractivity contribution in [1.82, 2.24) is 0 Å². The summed E-state index contributed by atoms with van der Waals surface area (Å²) < 4.78 is 32.6. The molecule has 0 aliphatic heterocycles. The van der Waals surface area contributed by atoms with Gasteiger partial charge in [-0.25, -0.2) is 4.57 Å². The number of carboxylic acids is 1. The SMILES string of the molecule is CC/C=C\C[C@@H](O)/C=C/C=C\C=C\[C@@H](O)C/C=C\C/C=C\CCC(=O)OC[C@H](COP(=O)(O)OC[C@H](N)C(=O)O)OC(=O)CCCCCCCCC/C=C\C/C=C\CCCCC. The molecule has 0 rings (SSSR count). The third-order valence-corrected chi connectivity index (χ3v) is 9.95. The quantitative estimate of drug-likeness (QED) is 0.0128. The molecule has 0 aromatic carbocycles. The van der Waals surface area contributed by atoms with Crippen LogP contribution in [0.3, 0.4) is 0 Å². The highest BCUT2D eigenvalue weighted by Crippen LogP contribution is 2.43. The Bertz CT molecular complexity index is 1450. The van der Waals surface area contributed by atoms with Gasteiger partial charge in [0.25, 0.3) is 0 Å². The van der Waals surface area contributed by atoms with Crippen molar-refractivity contribution in [2.45, 2.75) is 167 Å². The molecule has 0 heterocycles. The second-order valence-corrected chi connectivity index (χ2v) is 16.3. The number of ether oxygens (including phenoxy) is 2. The van der Waals surface area contributed by atoms with Gasteiger partial charge in [0.1, 0.15) is 12.6 Å². The van der Waals surface area contributed by atoms with Crippen molar-refractivity contribution < 1.29 is 57.7 Å². The van der Waals surface area contributed by atoms with E-state index < -0.39 is 69.9 Å². The molecular weight excluding hydrogens is 813 g/mol. The van der Waals surface area contributed by atoms with Gasteiger partial charge in [0.2, 0.25) is 0 Å². The van der Waals surface area contributed by atoms with Crippen LogP contribution < -0.4 is 5.73 Å². The van der Waals surface area contributed by atoms with Crippen LogP contribution in [0.25, 0.3) is 0 Å². The summed E-state index contributed by atoms with van der Waals surface area (Å²) in [7, 11) is -4.77. The third kappa shape index (κ3) is 40.4. The molecule has 0 bridgehead atoms. The number of hydrogen-bond donors (Lipinski definition) is 5. The first-order valence-electron chi connectivity index (χ1n) is 22.5. The van der Waals surface area contributed by atoms with E-state index in [9.17, 15) is 34.1 Å². The van der Waals surface area contributed by atoms with Gasteiger partial charge in [-0.3, -0.25) is 23.4 Å². The Labute approximate surface area is 371 Å². The van der Waals surface area contributed by atoms with Gasteiger partial charge in [0, 0.05) is 12.8 Å². The number of carboxylic acid groups (broad SMARTS) is 1. The average Bonchev–Trinajstić information content (AvgIpc) is 3.24. The molecule has 0 fully saturated rings. The number of aliphatic carboxylic acids is 1. The fraction of sp³-hybridized carbons (Fsp3) is 0.604. The second-order valence-electron chi connectivity index (χ2n) is 14.8. The van der Waals surface area contributed by atoms with Crippen LogP contribution in [0.1, 0.15) is 142 Å². The Balaban J connectivity index is 4.60. The van der Waals surface area contributed by atoms with Crippen LogP contribution in [0.4, 0.5) is 0 Å². The van der Waals surface area contributed by atoms with Crippen molar-refractivity contribution in [1.29, 1.82) is 0 Å². The molecule has 13 nitrogen and oxygen atoms in total. The van der Waals surface area contributed by atoms with E-state index in [0.29, 0.717) is 32.1 Å². The zero-order chi connectivity index (χ0) is 45.9. The van der Waals surface area contributed by atoms with Crippen LogP contribution in [0.15, 0.2) is 97.2 Å². The molecule has 0 spiro atoms. The number of rotatable bonds is 40. The van der Waals surface area contributed by atoms with Crippen molar-refractivity contribution in [2.75, 3.05) is 19.8 Å². The molecule has 14 heteroatoms.